The molecule has 2 aromatic heterocycles. The Morgan fingerprint density at radius 2 is 2.00 bits per heavy atom. The van der Waals surface area contributed by atoms with E-state index in [2.05, 4.69) is 19.8 Å². The van der Waals surface area contributed by atoms with Crippen molar-refractivity contribution in [3.63, 3.8) is 0 Å². The van der Waals surface area contributed by atoms with Crippen molar-refractivity contribution in [3.05, 3.63) is 53.6 Å². The Bertz CT molecular complexity index is 993. The molecule has 0 radical (unpaired) electrons. The maximum Gasteiger partial charge on any atom is 0.373 e. The van der Waals surface area contributed by atoms with Gasteiger partial charge >= 0.3 is 5.97 Å². The molecule has 0 atom stereocenters. The molecule has 1 aliphatic rings. The van der Waals surface area contributed by atoms with Crippen LogP contribution in [0, 0.1) is 0 Å². The number of H-pyrrole nitrogens is 1. The standard InChI is InChI=1S/C20H22N4O4/c1-27-20(26)17-8-7-14(28-17)13-23-9-4-10-24(12-11-23)19(25)18-15-5-2-3-6-16(15)21-22-18/h2-3,5-8H,4,9-13H2,1H3,(H,21,22). The Morgan fingerprint density at radius 3 is 2.86 bits per heavy atom. The third-order valence-corrected chi connectivity index (χ3v) is 4.98. The lowest BCUT2D eigenvalue weighted by Crippen LogP contribution is -2.35. The van der Waals surface area contributed by atoms with E-state index < -0.39 is 5.97 Å². The van der Waals surface area contributed by atoms with Crippen LogP contribution in [0.1, 0.15) is 33.2 Å². The highest BCUT2D eigenvalue weighted by molar-refractivity contribution is 6.04. The van der Waals surface area contributed by atoms with Crippen LogP contribution >= 0.6 is 0 Å². The number of amides is 1. The number of esters is 1. The molecule has 3 heterocycles. The van der Waals surface area contributed by atoms with Crippen LogP contribution in [0.5, 0.6) is 0 Å². The number of fused-ring (bicyclic) bond motifs is 1. The van der Waals surface area contributed by atoms with Crippen LogP contribution in [0.3, 0.4) is 0 Å². The first kappa shape index (κ1) is 18.2. The lowest BCUT2D eigenvalue weighted by Gasteiger charge is -2.20. The van der Waals surface area contributed by atoms with Gasteiger partial charge in [-0.25, -0.2) is 4.79 Å². The first-order chi connectivity index (χ1) is 13.7. The molecule has 28 heavy (non-hydrogen) atoms. The van der Waals surface area contributed by atoms with Gasteiger partial charge in [-0.2, -0.15) is 5.10 Å². The third kappa shape index (κ3) is 3.63. The molecule has 0 saturated carbocycles. The number of hydrogen-bond donors (Lipinski definition) is 1. The van der Waals surface area contributed by atoms with Crippen LogP contribution in [-0.2, 0) is 11.3 Å². The fourth-order valence-corrected chi connectivity index (χ4v) is 3.50. The minimum absolute atomic E-state index is 0.0507. The summed E-state index contributed by atoms with van der Waals surface area (Å²) in [7, 11) is 1.33. The summed E-state index contributed by atoms with van der Waals surface area (Å²) in [6.07, 6.45) is 0.860. The van der Waals surface area contributed by atoms with Gasteiger partial charge in [-0.15, -0.1) is 0 Å². The van der Waals surface area contributed by atoms with Crippen molar-refractivity contribution in [2.24, 2.45) is 0 Å². The summed E-state index contributed by atoms with van der Waals surface area (Å²) in [5.74, 6) is 0.378. The number of hydrogen-bond acceptors (Lipinski definition) is 6. The van der Waals surface area contributed by atoms with Gasteiger partial charge in [-0.3, -0.25) is 14.8 Å². The van der Waals surface area contributed by atoms with Crippen molar-refractivity contribution < 1.29 is 18.7 Å². The highest BCUT2D eigenvalue weighted by Crippen LogP contribution is 2.19. The van der Waals surface area contributed by atoms with E-state index in [1.807, 2.05) is 29.2 Å². The third-order valence-electron chi connectivity index (χ3n) is 4.98. The molecule has 1 amide bonds. The second-order valence-electron chi connectivity index (χ2n) is 6.80. The zero-order chi connectivity index (χ0) is 19.5. The van der Waals surface area contributed by atoms with E-state index in [1.54, 1.807) is 12.1 Å². The zero-order valence-electron chi connectivity index (χ0n) is 15.7. The molecule has 0 spiro atoms. The zero-order valence-corrected chi connectivity index (χ0v) is 15.7. The summed E-state index contributed by atoms with van der Waals surface area (Å²) >= 11 is 0. The molecule has 1 N–H and O–H groups in total. The first-order valence-corrected chi connectivity index (χ1v) is 9.27. The van der Waals surface area contributed by atoms with Crippen LogP contribution in [0.2, 0.25) is 0 Å². The van der Waals surface area contributed by atoms with E-state index in [1.165, 1.54) is 7.11 Å². The molecular formula is C20H22N4O4. The highest BCUT2D eigenvalue weighted by atomic mass is 16.5. The van der Waals surface area contributed by atoms with E-state index in [9.17, 15) is 9.59 Å². The van der Waals surface area contributed by atoms with Crippen molar-refractivity contribution in [2.75, 3.05) is 33.3 Å². The van der Waals surface area contributed by atoms with Gasteiger partial charge in [0.05, 0.1) is 19.2 Å². The molecule has 4 rings (SSSR count). The Labute approximate surface area is 162 Å². The van der Waals surface area contributed by atoms with Crippen molar-refractivity contribution >= 4 is 22.8 Å². The summed E-state index contributed by atoms with van der Waals surface area (Å²) < 4.78 is 10.2. The molecule has 0 bridgehead atoms. The molecule has 146 valence electrons. The normalized spacial score (nSPS) is 15.5. The van der Waals surface area contributed by atoms with Gasteiger partial charge in [0.2, 0.25) is 5.76 Å². The van der Waals surface area contributed by atoms with E-state index in [0.717, 1.165) is 30.4 Å². The number of carbonyl (C=O) groups excluding carboxylic acids is 2. The topological polar surface area (TPSA) is 91.7 Å². The fourth-order valence-electron chi connectivity index (χ4n) is 3.50. The van der Waals surface area contributed by atoms with Crippen LogP contribution in [0.15, 0.2) is 40.8 Å². The van der Waals surface area contributed by atoms with Gasteiger partial charge in [0.1, 0.15) is 5.76 Å². The van der Waals surface area contributed by atoms with Crippen LogP contribution in [0.4, 0.5) is 0 Å². The Balaban J connectivity index is 1.40. The molecular weight excluding hydrogens is 360 g/mol. The van der Waals surface area contributed by atoms with Crippen molar-refractivity contribution in [1.29, 1.82) is 0 Å². The van der Waals surface area contributed by atoms with Crippen LogP contribution in [0.25, 0.3) is 10.9 Å². The molecule has 3 aromatic rings. The second-order valence-corrected chi connectivity index (χ2v) is 6.80. The Hall–Kier alpha value is -3.13. The molecule has 8 heteroatoms. The average molecular weight is 382 g/mol. The highest BCUT2D eigenvalue weighted by Gasteiger charge is 2.24. The average Bonchev–Trinajstić information content (AvgIpc) is 3.29. The maximum absolute atomic E-state index is 13.0. The van der Waals surface area contributed by atoms with E-state index in [-0.39, 0.29) is 11.7 Å². The minimum atomic E-state index is -0.481. The molecule has 0 aliphatic carbocycles. The Kier molecular flexibility index (Phi) is 5.12. The largest absolute Gasteiger partial charge is 0.463 e. The van der Waals surface area contributed by atoms with Gasteiger partial charge in [0.25, 0.3) is 5.91 Å². The molecule has 0 unspecified atom stereocenters. The summed E-state index contributed by atoms with van der Waals surface area (Å²) in [5.41, 5.74) is 1.33. The van der Waals surface area contributed by atoms with E-state index >= 15 is 0 Å². The predicted molar refractivity (Wildman–Crippen MR) is 102 cm³/mol. The number of rotatable bonds is 4. The van der Waals surface area contributed by atoms with Gasteiger partial charge in [0, 0.05) is 31.6 Å². The number of nitrogens with zero attached hydrogens (tertiary/aromatic N) is 3. The smallest absolute Gasteiger partial charge is 0.373 e. The van der Waals surface area contributed by atoms with Gasteiger partial charge < -0.3 is 14.1 Å². The number of nitrogens with one attached hydrogen (secondary N) is 1. The minimum Gasteiger partial charge on any atom is -0.463 e. The van der Waals surface area contributed by atoms with E-state index in [0.29, 0.717) is 31.1 Å². The van der Waals surface area contributed by atoms with Crippen molar-refractivity contribution in [3.8, 4) is 0 Å². The summed E-state index contributed by atoms with van der Waals surface area (Å²) in [6, 6.07) is 11.1. The number of para-hydroxylation sites is 1. The Morgan fingerprint density at radius 1 is 1.14 bits per heavy atom. The predicted octanol–water partition coefficient (Wildman–Crippen LogP) is 2.29. The number of aromatic nitrogens is 2. The lowest BCUT2D eigenvalue weighted by molar-refractivity contribution is 0.0560. The molecule has 1 saturated heterocycles. The monoisotopic (exact) mass is 382 g/mol. The second kappa shape index (κ2) is 7.85. The molecule has 1 aliphatic heterocycles. The fraction of sp³-hybridized carbons (Fsp3) is 0.350. The van der Waals surface area contributed by atoms with Crippen molar-refractivity contribution in [1.82, 2.24) is 20.0 Å². The number of ether oxygens (including phenoxy) is 1. The van der Waals surface area contributed by atoms with Crippen molar-refractivity contribution in [2.45, 2.75) is 13.0 Å². The summed E-state index contributed by atoms with van der Waals surface area (Å²) in [6.45, 7) is 3.46. The molecule has 1 fully saturated rings. The quantitative estimate of drug-likeness (QED) is 0.696. The number of furan rings is 1. The van der Waals surface area contributed by atoms with Crippen LogP contribution in [-0.4, -0.2) is 65.2 Å². The number of aromatic amines is 1. The summed E-state index contributed by atoms with van der Waals surface area (Å²) in [4.78, 5) is 28.5. The van der Waals surface area contributed by atoms with E-state index in [4.69, 9.17) is 4.42 Å². The van der Waals surface area contributed by atoms with Gasteiger partial charge in [-0.05, 0) is 24.6 Å². The molecule has 1 aromatic carbocycles. The number of methoxy groups -OCH3 is 1. The van der Waals surface area contributed by atoms with Gasteiger partial charge in [0.15, 0.2) is 5.69 Å². The SMILES string of the molecule is COC(=O)c1ccc(CN2CCCN(C(=O)c3n[nH]c4ccccc34)CC2)o1. The first-order valence-electron chi connectivity index (χ1n) is 9.27. The lowest BCUT2D eigenvalue weighted by atomic mass is 10.2. The van der Waals surface area contributed by atoms with Gasteiger partial charge in [-0.1, -0.05) is 18.2 Å². The number of benzene rings is 1. The summed E-state index contributed by atoms with van der Waals surface area (Å²) in [5, 5.41) is 8.00. The maximum atomic E-state index is 13.0. The molecule has 8 nitrogen and oxygen atoms in total. The van der Waals surface area contributed by atoms with Crippen LogP contribution < -0.4 is 0 Å². The number of carbonyl (C=O) groups is 2.